The van der Waals surface area contributed by atoms with Gasteiger partial charge in [-0.05, 0) is 32.1 Å². The van der Waals surface area contributed by atoms with Gasteiger partial charge in [0.1, 0.15) is 0 Å². The molecule has 2 heterocycles. The maximum Gasteiger partial charge on any atom is 0.320 e. The second-order valence-corrected chi connectivity index (χ2v) is 6.79. The van der Waals surface area contributed by atoms with Crippen molar-refractivity contribution in [3.63, 3.8) is 0 Å². The van der Waals surface area contributed by atoms with Crippen LogP contribution in [0.5, 0.6) is 0 Å². The molecule has 1 aliphatic carbocycles. The lowest BCUT2D eigenvalue weighted by molar-refractivity contribution is -0.147. The molecule has 0 radical (unpaired) electrons. The van der Waals surface area contributed by atoms with Crippen molar-refractivity contribution < 1.29 is 19.8 Å². The molecule has 112 valence electrons. The van der Waals surface area contributed by atoms with Crippen LogP contribution in [0.1, 0.15) is 26.2 Å². The van der Waals surface area contributed by atoms with Gasteiger partial charge in [-0.3, -0.25) is 4.79 Å². The van der Waals surface area contributed by atoms with Gasteiger partial charge >= 0.3 is 12.0 Å². The average molecular weight is 282 g/mol. The Morgan fingerprint density at radius 3 is 2.55 bits per heavy atom. The fraction of sp³-hybridized carbons (Fsp3) is 0.857. The van der Waals surface area contributed by atoms with Crippen LogP contribution in [0.2, 0.25) is 0 Å². The van der Waals surface area contributed by atoms with E-state index in [9.17, 15) is 19.8 Å². The van der Waals surface area contributed by atoms with E-state index in [0.717, 1.165) is 12.8 Å². The van der Waals surface area contributed by atoms with Crippen molar-refractivity contribution in [3.8, 4) is 0 Å². The number of urea groups is 1. The Bertz CT molecular complexity index is 441. The molecular formula is C14H22N2O4. The van der Waals surface area contributed by atoms with E-state index in [2.05, 4.69) is 0 Å². The minimum atomic E-state index is -0.832. The predicted molar refractivity (Wildman–Crippen MR) is 71.1 cm³/mol. The highest BCUT2D eigenvalue weighted by atomic mass is 16.4. The Kier molecular flexibility index (Phi) is 3.16. The zero-order valence-electron chi connectivity index (χ0n) is 11.8. The van der Waals surface area contributed by atoms with E-state index in [1.807, 2.05) is 0 Å². The van der Waals surface area contributed by atoms with Gasteiger partial charge in [0, 0.05) is 32.1 Å². The van der Waals surface area contributed by atoms with Crippen LogP contribution in [-0.2, 0) is 4.79 Å². The van der Waals surface area contributed by atoms with Gasteiger partial charge in [0.05, 0.1) is 11.5 Å². The third kappa shape index (κ3) is 2.06. The number of carboxylic acid groups (broad SMARTS) is 1. The first-order chi connectivity index (χ1) is 9.40. The number of carbonyl (C=O) groups is 2. The Morgan fingerprint density at radius 2 is 1.95 bits per heavy atom. The van der Waals surface area contributed by atoms with Crippen LogP contribution in [0.25, 0.3) is 0 Å². The molecule has 0 aromatic rings. The van der Waals surface area contributed by atoms with Crippen LogP contribution in [-0.4, -0.2) is 64.3 Å². The molecular weight excluding hydrogens is 260 g/mol. The first-order valence-corrected chi connectivity index (χ1v) is 7.36. The highest BCUT2D eigenvalue weighted by Gasteiger charge is 2.47. The number of hydrogen-bond acceptors (Lipinski definition) is 3. The Hall–Kier alpha value is -1.30. The fourth-order valence-electron chi connectivity index (χ4n) is 3.89. The number of fused-ring (bicyclic) bond motifs is 1. The van der Waals surface area contributed by atoms with Gasteiger partial charge in [-0.1, -0.05) is 0 Å². The zero-order valence-corrected chi connectivity index (χ0v) is 11.8. The van der Waals surface area contributed by atoms with Crippen molar-refractivity contribution >= 4 is 12.0 Å². The van der Waals surface area contributed by atoms with Crippen molar-refractivity contribution in [3.05, 3.63) is 0 Å². The third-order valence-electron chi connectivity index (χ3n) is 5.35. The van der Waals surface area contributed by atoms with Gasteiger partial charge in [0.2, 0.25) is 0 Å². The summed E-state index contributed by atoms with van der Waals surface area (Å²) < 4.78 is 0. The number of hydrogen-bond donors (Lipinski definition) is 2. The van der Waals surface area contributed by atoms with Crippen LogP contribution in [0, 0.1) is 17.3 Å². The Balaban J connectivity index is 1.63. The summed E-state index contributed by atoms with van der Waals surface area (Å²) in [5.41, 5.74) is -0.815. The molecule has 3 fully saturated rings. The molecule has 1 saturated carbocycles. The van der Waals surface area contributed by atoms with Crippen molar-refractivity contribution in [2.45, 2.75) is 32.3 Å². The molecule has 3 aliphatic rings. The molecule has 6 nitrogen and oxygen atoms in total. The molecule has 2 aliphatic heterocycles. The van der Waals surface area contributed by atoms with E-state index in [1.54, 1.807) is 16.7 Å². The van der Waals surface area contributed by atoms with E-state index in [1.165, 1.54) is 0 Å². The highest BCUT2D eigenvalue weighted by molar-refractivity contribution is 5.79. The van der Waals surface area contributed by atoms with Crippen LogP contribution in [0.4, 0.5) is 4.79 Å². The van der Waals surface area contributed by atoms with E-state index >= 15 is 0 Å². The van der Waals surface area contributed by atoms with Gasteiger partial charge in [-0.25, -0.2) is 4.79 Å². The molecule has 0 aromatic carbocycles. The lowest BCUT2D eigenvalue weighted by Gasteiger charge is -2.26. The number of rotatable bonds is 1. The molecule has 20 heavy (non-hydrogen) atoms. The van der Waals surface area contributed by atoms with Gasteiger partial charge in [0.25, 0.3) is 0 Å². The van der Waals surface area contributed by atoms with E-state index in [4.69, 9.17) is 0 Å². The maximum absolute atomic E-state index is 12.5. The van der Waals surface area contributed by atoms with Gasteiger partial charge < -0.3 is 20.0 Å². The summed E-state index contributed by atoms with van der Waals surface area (Å²) in [6, 6.07) is -0.0587. The second kappa shape index (κ2) is 4.62. The lowest BCUT2D eigenvalue weighted by atomic mass is 9.90. The maximum atomic E-state index is 12.5. The molecule has 2 N–H and O–H groups in total. The number of aliphatic hydroxyl groups excluding tert-OH is 1. The number of carbonyl (C=O) groups excluding carboxylic acids is 1. The first kappa shape index (κ1) is 13.7. The van der Waals surface area contributed by atoms with Crippen molar-refractivity contribution in [2.75, 3.05) is 26.2 Å². The van der Waals surface area contributed by atoms with E-state index < -0.39 is 11.4 Å². The number of aliphatic carboxylic acids is 1. The van der Waals surface area contributed by atoms with Gasteiger partial charge in [-0.15, -0.1) is 0 Å². The fourth-order valence-corrected chi connectivity index (χ4v) is 3.89. The molecule has 4 unspecified atom stereocenters. The average Bonchev–Trinajstić information content (AvgIpc) is 3.06. The lowest BCUT2D eigenvalue weighted by Crippen LogP contribution is -2.43. The molecule has 6 heteroatoms. The van der Waals surface area contributed by atoms with Gasteiger partial charge in [-0.2, -0.15) is 0 Å². The zero-order chi connectivity index (χ0) is 14.5. The molecule has 0 aromatic heterocycles. The smallest absolute Gasteiger partial charge is 0.320 e. The molecule has 2 saturated heterocycles. The van der Waals surface area contributed by atoms with E-state index in [0.29, 0.717) is 32.0 Å². The SMILES string of the molecule is CC1(C(=O)O)CCN(C(=O)N2CC3CCC(O)C3C2)C1. The number of aliphatic hydroxyl groups is 1. The summed E-state index contributed by atoms with van der Waals surface area (Å²) in [6.45, 7) is 3.82. The second-order valence-electron chi connectivity index (χ2n) is 6.79. The summed E-state index contributed by atoms with van der Waals surface area (Å²) in [5.74, 6) is -0.198. The summed E-state index contributed by atoms with van der Waals surface area (Å²) in [6.07, 6.45) is 2.07. The highest BCUT2D eigenvalue weighted by Crippen LogP contribution is 2.39. The molecule has 3 rings (SSSR count). The molecule has 4 atom stereocenters. The molecule has 0 bridgehead atoms. The number of amides is 2. The van der Waals surface area contributed by atoms with Crippen LogP contribution in [0.3, 0.4) is 0 Å². The Morgan fingerprint density at radius 1 is 1.20 bits per heavy atom. The largest absolute Gasteiger partial charge is 0.481 e. The number of nitrogens with zero attached hydrogens (tertiary/aromatic N) is 2. The number of likely N-dealkylation sites (tertiary alicyclic amines) is 2. The standard InChI is InChI=1S/C14H22N2O4/c1-14(12(18)19)4-5-15(8-14)13(20)16-6-9-2-3-11(17)10(9)7-16/h9-11,17H,2-8H2,1H3,(H,18,19). The Labute approximate surface area is 118 Å². The van der Waals surface area contributed by atoms with Crippen LogP contribution < -0.4 is 0 Å². The molecule has 0 spiro atoms. The monoisotopic (exact) mass is 282 g/mol. The summed E-state index contributed by atoms with van der Waals surface area (Å²) in [5, 5.41) is 19.1. The first-order valence-electron chi connectivity index (χ1n) is 7.36. The number of carboxylic acids is 1. The molecule has 2 amide bonds. The normalized spacial score (nSPS) is 40.2. The minimum Gasteiger partial charge on any atom is -0.481 e. The minimum absolute atomic E-state index is 0.0587. The third-order valence-corrected chi connectivity index (χ3v) is 5.35. The van der Waals surface area contributed by atoms with E-state index in [-0.39, 0.29) is 24.6 Å². The summed E-state index contributed by atoms with van der Waals surface area (Å²) in [7, 11) is 0. The van der Waals surface area contributed by atoms with Crippen molar-refractivity contribution in [2.24, 2.45) is 17.3 Å². The predicted octanol–water partition coefficient (Wildman–Crippen LogP) is 0.606. The topological polar surface area (TPSA) is 81.1 Å². The van der Waals surface area contributed by atoms with Crippen LogP contribution >= 0.6 is 0 Å². The van der Waals surface area contributed by atoms with Gasteiger partial charge in [0.15, 0.2) is 0 Å². The summed E-state index contributed by atoms with van der Waals surface area (Å²) >= 11 is 0. The van der Waals surface area contributed by atoms with Crippen molar-refractivity contribution in [1.82, 2.24) is 9.80 Å². The van der Waals surface area contributed by atoms with Crippen LogP contribution in [0.15, 0.2) is 0 Å². The quantitative estimate of drug-likeness (QED) is 0.738. The summed E-state index contributed by atoms with van der Waals surface area (Å²) in [4.78, 5) is 27.2. The van der Waals surface area contributed by atoms with Crippen molar-refractivity contribution in [1.29, 1.82) is 0 Å².